The first-order valence-electron chi connectivity index (χ1n) is 6.70. The monoisotopic (exact) mass is 302 g/mol. The van der Waals surface area contributed by atoms with E-state index < -0.39 is 0 Å². The van der Waals surface area contributed by atoms with E-state index in [-0.39, 0.29) is 5.41 Å². The summed E-state index contributed by atoms with van der Waals surface area (Å²) in [5, 5.41) is 6.64. The molecule has 0 aliphatic carbocycles. The van der Waals surface area contributed by atoms with E-state index in [0.717, 1.165) is 17.2 Å². The zero-order valence-electron chi connectivity index (χ0n) is 11.9. The number of aromatic nitrogens is 1. The van der Waals surface area contributed by atoms with Gasteiger partial charge < -0.3 is 5.32 Å². The second-order valence-electron chi connectivity index (χ2n) is 5.70. The van der Waals surface area contributed by atoms with Crippen molar-refractivity contribution in [1.82, 2.24) is 4.98 Å². The third kappa shape index (κ3) is 2.72. The summed E-state index contributed by atoms with van der Waals surface area (Å²) in [7, 11) is 0. The molecule has 3 aromatic rings. The van der Waals surface area contributed by atoms with E-state index in [1.807, 2.05) is 11.3 Å². The van der Waals surface area contributed by atoms with Crippen molar-refractivity contribution >= 4 is 38.0 Å². The van der Waals surface area contributed by atoms with Crippen molar-refractivity contribution in [3.05, 3.63) is 46.2 Å². The van der Waals surface area contributed by atoms with Gasteiger partial charge in [-0.15, -0.1) is 11.3 Å². The lowest BCUT2D eigenvalue weighted by Crippen LogP contribution is -2.26. The summed E-state index contributed by atoms with van der Waals surface area (Å²) in [5.41, 5.74) is 2.47. The third-order valence-corrected chi connectivity index (χ3v) is 5.64. The molecule has 1 aromatic carbocycles. The van der Waals surface area contributed by atoms with Gasteiger partial charge in [0.25, 0.3) is 0 Å². The minimum Gasteiger partial charge on any atom is -0.361 e. The van der Waals surface area contributed by atoms with Crippen molar-refractivity contribution in [2.45, 2.75) is 26.2 Å². The molecule has 0 bridgehead atoms. The van der Waals surface area contributed by atoms with Gasteiger partial charge >= 0.3 is 0 Å². The number of anilines is 1. The van der Waals surface area contributed by atoms with Gasteiger partial charge in [-0.2, -0.15) is 0 Å². The van der Waals surface area contributed by atoms with Gasteiger partial charge in [0, 0.05) is 16.8 Å². The van der Waals surface area contributed by atoms with Crippen LogP contribution in [0.15, 0.2) is 35.7 Å². The fraction of sp³-hybridized carbons (Fsp3) is 0.312. The van der Waals surface area contributed by atoms with Crippen LogP contribution < -0.4 is 5.32 Å². The van der Waals surface area contributed by atoms with Gasteiger partial charge in [0.2, 0.25) is 0 Å². The van der Waals surface area contributed by atoms with Crippen molar-refractivity contribution in [3.63, 3.8) is 0 Å². The molecule has 1 N–H and O–H groups in total. The average Bonchev–Trinajstić information content (AvgIpc) is 3.05. The van der Waals surface area contributed by atoms with Gasteiger partial charge in [-0.3, -0.25) is 0 Å². The van der Waals surface area contributed by atoms with Crippen LogP contribution in [0.5, 0.6) is 0 Å². The highest BCUT2D eigenvalue weighted by Crippen LogP contribution is 2.30. The summed E-state index contributed by atoms with van der Waals surface area (Å²) >= 11 is 3.54. The second kappa shape index (κ2) is 5.19. The van der Waals surface area contributed by atoms with E-state index in [1.165, 1.54) is 15.1 Å². The standard InChI is InChI=1S/C16H18N2S2/c1-11-6-7-13-12(9-11)18-15(20-13)17-10-16(2,3)14-5-4-8-19-14/h4-9H,10H2,1-3H3,(H,17,18). The second-order valence-corrected chi connectivity index (χ2v) is 7.68. The van der Waals surface area contributed by atoms with Gasteiger partial charge in [-0.1, -0.05) is 37.3 Å². The topological polar surface area (TPSA) is 24.9 Å². The van der Waals surface area contributed by atoms with Gasteiger partial charge in [0.1, 0.15) is 0 Å². The van der Waals surface area contributed by atoms with Crippen molar-refractivity contribution in [2.75, 3.05) is 11.9 Å². The Hall–Kier alpha value is -1.39. The van der Waals surface area contributed by atoms with E-state index in [9.17, 15) is 0 Å². The number of nitrogens with one attached hydrogen (secondary N) is 1. The Morgan fingerprint density at radius 3 is 2.85 bits per heavy atom. The number of thiophene rings is 1. The molecule has 2 aromatic heterocycles. The quantitative estimate of drug-likeness (QED) is 0.729. The Bertz CT molecular complexity index is 711. The van der Waals surface area contributed by atoms with E-state index in [0.29, 0.717) is 0 Å². The fourth-order valence-corrected chi connectivity index (χ4v) is 3.85. The fourth-order valence-electron chi connectivity index (χ4n) is 2.16. The average molecular weight is 302 g/mol. The Kier molecular flexibility index (Phi) is 3.52. The van der Waals surface area contributed by atoms with Crippen LogP contribution in [0.1, 0.15) is 24.3 Å². The molecule has 0 atom stereocenters. The zero-order chi connectivity index (χ0) is 14.2. The summed E-state index contributed by atoms with van der Waals surface area (Å²) in [5.74, 6) is 0. The number of hydrogen-bond donors (Lipinski definition) is 1. The summed E-state index contributed by atoms with van der Waals surface area (Å²) in [4.78, 5) is 6.07. The Morgan fingerprint density at radius 2 is 2.10 bits per heavy atom. The van der Waals surface area contributed by atoms with E-state index in [4.69, 9.17) is 0 Å². The van der Waals surface area contributed by atoms with Gasteiger partial charge in [0.05, 0.1) is 10.2 Å². The molecule has 20 heavy (non-hydrogen) atoms. The highest BCUT2D eigenvalue weighted by Gasteiger charge is 2.21. The molecule has 2 heterocycles. The summed E-state index contributed by atoms with van der Waals surface area (Å²) in [6.07, 6.45) is 0. The SMILES string of the molecule is Cc1ccc2sc(NCC(C)(C)c3cccs3)nc2c1. The predicted molar refractivity (Wildman–Crippen MR) is 90.2 cm³/mol. The molecule has 0 saturated carbocycles. The first-order chi connectivity index (χ1) is 9.54. The maximum Gasteiger partial charge on any atom is 0.183 e. The molecular formula is C16H18N2S2. The molecule has 0 aliphatic heterocycles. The van der Waals surface area contributed by atoms with Crippen LogP contribution >= 0.6 is 22.7 Å². The van der Waals surface area contributed by atoms with Crippen molar-refractivity contribution < 1.29 is 0 Å². The minimum absolute atomic E-state index is 0.127. The van der Waals surface area contributed by atoms with Crippen LogP contribution in [0.2, 0.25) is 0 Å². The van der Waals surface area contributed by atoms with Crippen molar-refractivity contribution in [3.8, 4) is 0 Å². The van der Waals surface area contributed by atoms with E-state index in [1.54, 1.807) is 11.3 Å². The summed E-state index contributed by atoms with van der Waals surface area (Å²) in [6.45, 7) is 7.53. The van der Waals surface area contributed by atoms with Gasteiger partial charge in [0.15, 0.2) is 5.13 Å². The Morgan fingerprint density at radius 1 is 1.25 bits per heavy atom. The van der Waals surface area contributed by atoms with Crippen LogP contribution in [0, 0.1) is 6.92 Å². The highest BCUT2D eigenvalue weighted by molar-refractivity contribution is 7.22. The molecule has 0 saturated heterocycles. The number of aryl methyl sites for hydroxylation is 1. The maximum atomic E-state index is 4.67. The molecule has 0 fully saturated rings. The molecule has 104 valence electrons. The third-order valence-electron chi connectivity index (χ3n) is 3.41. The lowest BCUT2D eigenvalue weighted by atomic mass is 9.91. The largest absolute Gasteiger partial charge is 0.361 e. The van der Waals surface area contributed by atoms with E-state index in [2.05, 4.69) is 66.8 Å². The first kappa shape index (κ1) is 13.6. The van der Waals surface area contributed by atoms with Gasteiger partial charge in [-0.25, -0.2) is 4.98 Å². The van der Waals surface area contributed by atoms with Crippen molar-refractivity contribution in [1.29, 1.82) is 0 Å². The molecule has 0 unspecified atom stereocenters. The van der Waals surface area contributed by atoms with E-state index >= 15 is 0 Å². The molecular weight excluding hydrogens is 284 g/mol. The molecule has 3 rings (SSSR count). The number of fused-ring (bicyclic) bond motifs is 1. The summed E-state index contributed by atoms with van der Waals surface area (Å²) in [6, 6.07) is 10.7. The highest BCUT2D eigenvalue weighted by atomic mass is 32.1. The van der Waals surface area contributed by atoms with Crippen LogP contribution in [-0.4, -0.2) is 11.5 Å². The Labute approximate surface area is 127 Å². The van der Waals surface area contributed by atoms with Crippen LogP contribution in [0.25, 0.3) is 10.2 Å². The molecule has 4 heteroatoms. The molecule has 0 aliphatic rings. The number of thiazole rings is 1. The number of benzene rings is 1. The zero-order valence-corrected chi connectivity index (χ0v) is 13.6. The first-order valence-corrected chi connectivity index (χ1v) is 8.39. The minimum atomic E-state index is 0.127. The van der Waals surface area contributed by atoms with Crippen LogP contribution in [0.4, 0.5) is 5.13 Å². The maximum absolute atomic E-state index is 4.67. The van der Waals surface area contributed by atoms with Crippen molar-refractivity contribution in [2.24, 2.45) is 0 Å². The normalized spacial score (nSPS) is 11.9. The molecule has 2 nitrogen and oxygen atoms in total. The lowest BCUT2D eigenvalue weighted by molar-refractivity contribution is 0.569. The number of nitrogens with zero attached hydrogens (tertiary/aromatic N) is 1. The molecule has 0 amide bonds. The molecule has 0 spiro atoms. The number of hydrogen-bond acceptors (Lipinski definition) is 4. The molecule has 0 radical (unpaired) electrons. The lowest BCUT2D eigenvalue weighted by Gasteiger charge is -2.23. The Balaban J connectivity index is 1.77. The van der Waals surface area contributed by atoms with Crippen LogP contribution in [0.3, 0.4) is 0 Å². The number of rotatable bonds is 4. The predicted octanol–water partition coefficient (Wildman–Crippen LogP) is 5.06. The smallest absolute Gasteiger partial charge is 0.183 e. The van der Waals surface area contributed by atoms with Gasteiger partial charge in [-0.05, 0) is 36.1 Å². The van der Waals surface area contributed by atoms with Crippen LogP contribution in [-0.2, 0) is 5.41 Å². The summed E-state index contributed by atoms with van der Waals surface area (Å²) < 4.78 is 1.24.